The van der Waals surface area contributed by atoms with E-state index in [9.17, 15) is 4.79 Å². The Bertz CT molecular complexity index is 631. The zero-order valence-corrected chi connectivity index (χ0v) is 13.0. The summed E-state index contributed by atoms with van der Waals surface area (Å²) in [5.41, 5.74) is 0.688. The summed E-state index contributed by atoms with van der Waals surface area (Å²) in [5, 5.41) is 18.6. The van der Waals surface area contributed by atoms with Crippen molar-refractivity contribution in [2.45, 2.75) is 26.2 Å². The summed E-state index contributed by atoms with van der Waals surface area (Å²) in [6.45, 7) is 6.23. The number of aliphatic hydroxyl groups excluding tert-OH is 1. The third-order valence-corrected chi connectivity index (χ3v) is 2.98. The highest BCUT2D eigenvalue weighted by molar-refractivity contribution is 5.88. The summed E-state index contributed by atoms with van der Waals surface area (Å²) in [6.07, 6.45) is 1.67. The second-order valence-electron chi connectivity index (χ2n) is 5.87. The van der Waals surface area contributed by atoms with Gasteiger partial charge >= 0.3 is 6.03 Å². The fraction of sp³-hybridized carbons (Fsp3) is 0.400. The number of nitrogens with one attached hydrogen (secondary N) is 2. The molecule has 0 bridgehead atoms. The first-order valence-corrected chi connectivity index (χ1v) is 7.09. The molecule has 0 fully saturated rings. The van der Waals surface area contributed by atoms with E-state index in [0.29, 0.717) is 11.6 Å². The van der Waals surface area contributed by atoms with Crippen molar-refractivity contribution in [3.8, 4) is 5.82 Å². The molecule has 0 aromatic carbocycles. The van der Waals surface area contributed by atoms with Crippen LogP contribution in [0.25, 0.3) is 5.82 Å². The van der Waals surface area contributed by atoms with E-state index < -0.39 is 6.03 Å². The molecule has 0 saturated carbocycles. The Labute approximate surface area is 129 Å². The van der Waals surface area contributed by atoms with Gasteiger partial charge in [0.2, 0.25) is 0 Å². The van der Waals surface area contributed by atoms with Crippen LogP contribution < -0.4 is 10.6 Å². The summed E-state index contributed by atoms with van der Waals surface area (Å²) < 4.78 is 1.60. The highest BCUT2D eigenvalue weighted by Gasteiger charge is 2.21. The first-order valence-electron chi connectivity index (χ1n) is 7.09. The van der Waals surface area contributed by atoms with Crippen LogP contribution in [0.1, 0.15) is 26.5 Å². The summed E-state index contributed by atoms with van der Waals surface area (Å²) in [5.74, 6) is 1.15. The number of pyridine rings is 1. The van der Waals surface area contributed by atoms with Gasteiger partial charge in [-0.05, 0) is 12.1 Å². The van der Waals surface area contributed by atoms with Gasteiger partial charge in [-0.25, -0.2) is 9.78 Å². The molecule has 0 spiro atoms. The number of urea groups is 1. The minimum absolute atomic E-state index is 0.111. The number of rotatable bonds is 4. The maximum Gasteiger partial charge on any atom is 0.320 e. The molecule has 2 rings (SSSR count). The van der Waals surface area contributed by atoms with Crippen LogP contribution in [0, 0.1) is 0 Å². The van der Waals surface area contributed by atoms with Gasteiger partial charge in [0.1, 0.15) is 5.82 Å². The number of hydrogen-bond acceptors (Lipinski definition) is 4. The van der Waals surface area contributed by atoms with Gasteiger partial charge in [0, 0.05) is 24.2 Å². The summed E-state index contributed by atoms with van der Waals surface area (Å²) >= 11 is 0. The van der Waals surface area contributed by atoms with Crippen LogP contribution in [0.2, 0.25) is 0 Å². The molecule has 2 heterocycles. The van der Waals surface area contributed by atoms with Crippen molar-refractivity contribution in [1.82, 2.24) is 20.1 Å². The van der Waals surface area contributed by atoms with E-state index in [2.05, 4.69) is 20.7 Å². The lowest BCUT2D eigenvalue weighted by Crippen LogP contribution is -2.31. The fourth-order valence-corrected chi connectivity index (χ4v) is 1.82. The van der Waals surface area contributed by atoms with Gasteiger partial charge in [0.15, 0.2) is 5.82 Å². The van der Waals surface area contributed by atoms with E-state index >= 15 is 0 Å². The Kier molecular flexibility index (Phi) is 4.77. The SMILES string of the molecule is CC(C)(C)c1cc(NC(=O)NCCO)n(-c2ccccn2)n1. The monoisotopic (exact) mass is 303 g/mol. The standard InChI is InChI=1S/C15H21N5O2/c1-15(2,3)11-10-13(18-14(22)17-8-9-21)20(19-11)12-6-4-5-7-16-12/h4-7,10,21H,8-9H2,1-3H3,(H2,17,18,22). The third kappa shape index (κ3) is 3.82. The maximum absolute atomic E-state index is 11.8. The summed E-state index contributed by atoms with van der Waals surface area (Å²) in [4.78, 5) is 16.1. The van der Waals surface area contributed by atoms with Gasteiger partial charge in [0.05, 0.1) is 12.3 Å². The van der Waals surface area contributed by atoms with Crippen molar-refractivity contribution in [2.24, 2.45) is 0 Å². The molecule has 22 heavy (non-hydrogen) atoms. The van der Waals surface area contributed by atoms with E-state index in [1.165, 1.54) is 0 Å². The maximum atomic E-state index is 11.8. The largest absolute Gasteiger partial charge is 0.395 e. The van der Waals surface area contributed by atoms with Gasteiger partial charge in [-0.2, -0.15) is 9.78 Å². The van der Waals surface area contributed by atoms with Crippen LogP contribution >= 0.6 is 0 Å². The Morgan fingerprint density at radius 2 is 2.14 bits per heavy atom. The van der Waals surface area contributed by atoms with E-state index in [0.717, 1.165) is 5.69 Å². The van der Waals surface area contributed by atoms with Crippen LogP contribution in [-0.2, 0) is 5.41 Å². The lowest BCUT2D eigenvalue weighted by atomic mass is 9.92. The number of hydrogen-bond donors (Lipinski definition) is 3. The van der Waals surface area contributed by atoms with Gasteiger partial charge in [-0.15, -0.1) is 0 Å². The average molecular weight is 303 g/mol. The van der Waals surface area contributed by atoms with E-state index in [-0.39, 0.29) is 18.6 Å². The number of carbonyl (C=O) groups excluding carboxylic acids is 1. The second kappa shape index (κ2) is 6.57. The molecule has 2 aromatic heterocycles. The van der Waals surface area contributed by atoms with Crippen LogP contribution in [-0.4, -0.2) is 39.1 Å². The molecule has 3 N–H and O–H groups in total. The van der Waals surface area contributed by atoms with Crippen LogP contribution in [0.15, 0.2) is 30.5 Å². The van der Waals surface area contributed by atoms with E-state index in [4.69, 9.17) is 5.11 Å². The minimum Gasteiger partial charge on any atom is -0.395 e. The molecule has 0 aliphatic carbocycles. The van der Waals surface area contributed by atoms with E-state index in [1.54, 1.807) is 10.9 Å². The quantitative estimate of drug-likeness (QED) is 0.801. The molecule has 0 aliphatic rings. The molecular formula is C15H21N5O2. The molecule has 7 heteroatoms. The predicted molar refractivity (Wildman–Crippen MR) is 84.2 cm³/mol. The lowest BCUT2D eigenvalue weighted by Gasteiger charge is -2.13. The van der Waals surface area contributed by atoms with Crippen molar-refractivity contribution in [1.29, 1.82) is 0 Å². The van der Waals surface area contributed by atoms with Crippen LogP contribution in [0.3, 0.4) is 0 Å². The third-order valence-electron chi connectivity index (χ3n) is 2.98. The predicted octanol–water partition coefficient (Wildman–Crippen LogP) is 1.68. The van der Waals surface area contributed by atoms with Crippen LogP contribution in [0.5, 0.6) is 0 Å². The van der Waals surface area contributed by atoms with Gasteiger partial charge < -0.3 is 10.4 Å². The lowest BCUT2D eigenvalue weighted by molar-refractivity contribution is 0.244. The number of anilines is 1. The Hall–Kier alpha value is -2.41. The normalized spacial score (nSPS) is 11.3. The number of amides is 2. The Balaban J connectivity index is 2.34. The first-order chi connectivity index (χ1) is 10.4. The number of aliphatic hydroxyl groups is 1. The molecule has 0 unspecified atom stereocenters. The van der Waals surface area contributed by atoms with Crippen molar-refractivity contribution < 1.29 is 9.90 Å². The molecule has 7 nitrogen and oxygen atoms in total. The van der Waals surface area contributed by atoms with Gasteiger partial charge in [-0.1, -0.05) is 26.8 Å². The van der Waals surface area contributed by atoms with Gasteiger partial charge in [-0.3, -0.25) is 5.32 Å². The molecule has 0 radical (unpaired) electrons. The van der Waals surface area contributed by atoms with Crippen molar-refractivity contribution in [3.63, 3.8) is 0 Å². The fourth-order valence-electron chi connectivity index (χ4n) is 1.82. The zero-order chi connectivity index (χ0) is 16.2. The molecule has 0 saturated heterocycles. The van der Waals surface area contributed by atoms with Crippen LogP contribution in [0.4, 0.5) is 10.6 Å². The molecular weight excluding hydrogens is 282 g/mol. The molecule has 0 aliphatic heterocycles. The van der Waals surface area contributed by atoms with Crippen molar-refractivity contribution >= 4 is 11.8 Å². The molecule has 2 aromatic rings. The highest BCUT2D eigenvalue weighted by Crippen LogP contribution is 2.25. The smallest absolute Gasteiger partial charge is 0.320 e. The van der Waals surface area contributed by atoms with Crippen molar-refractivity contribution in [2.75, 3.05) is 18.5 Å². The van der Waals surface area contributed by atoms with E-state index in [1.807, 2.05) is 45.0 Å². The van der Waals surface area contributed by atoms with Gasteiger partial charge in [0.25, 0.3) is 0 Å². The second-order valence-corrected chi connectivity index (χ2v) is 5.87. The van der Waals surface area contributed by atoms with Crippen molar-refractivity contribution in [3.05, 3.63) is 36.2 Å². The number of carbonyl (C=O) groups is 1. The minimum atomic E-state index is -0.397. The average Bonchev–Trinajstić information content (AvgIpc) is 2.90. The zero-order valence-electron chi connectivity index (χ0n) is 13.0. The molecule has 2 amide bonds. The Morgan fingerprint density at radius 3 is 2.73 bits per heavy atom. The number of nitrogens with zero attached hydrogens (tertiary/aromatic N) is 3. The molecule has 0 atom stereocenters. The highest BCUT2D eigenvalue weighted by atomic mass is 16.3. The topological polar surface area (TPSA) is 92.1 Å². The molecule has 118 valence electrons. The first kappa shape index (κ1) is 16.0. The summed E-state index contributed by atoms with van der Waals surface area (Å²) in [6, 6.07) is 6.92. The summed E-state index contributed by atoms with van der Waals surface area (Å²) in [7, 11) is 0. The number of aromatic nitrogens is 3. The Morgan fingerprint density at radius 1 is 1.36 bits per heavy atom.